The van der Waals surface area contributed by atoms with Gasteiger partial charge in [-0.2, -0.15) is 5.10 Å². The Morgan fingerprint density at radius 3 is 2.68 bits per heavy atom. The number of carbonyl (C=O) groups is 1. The van der Waals surface area contributed by atoms with Crippen molar-refractivity contribution in [1.29, 1.82) is 0 Å². The highest BCUT2D eigenvalue weighted by atomic mass is 16.6. The van der Waals surface area contributed by atoms with Gasteiger partial charge < -0.3 is 9.73 Å². The first-order valence-electron chi connectivity index (χ1n) is 9.48. The third-order valence-corrected chi connectivity index (χ3v) is 4.55. The first-order valence-corrected chi connectivity index (χ1v) is 9.48. The Kier molecular flexibility index (Phi) is 5.70. The van der Waals surface area contributed by atoms with E-state index in [4.69, 9.17) is 4.42 Å². The molecule has 8 nitrogen and oxygen atoms in total. The van der Waals surface area contributed by atoms with Crippen LogP contribution in [0.15, 0.2) is 88.4 Å². The molecule has 0 unspecified atom stereocenters. The average Bonchev–Trinajstić information content (AvgIpc) is 3.26. The molecule has 4 aromatic rings. The van der Waals surface area contributed by atoms with Crippen LogP contribution in [0, 0.1) is 10.1 Å². The fraction of sp³-hybridized carbons (Fsp3) is 0.0435. The van der Waals surface area contributed by atoms with Crippen molar-refractivity contribution >= 4 is 34.3 Å². The summed E-state index contributed by atoms with van der Waals surface area (Å²) in [5.74, 6) is 0.564. The normalized spacial score (nSPS) is 11.0. The second-order valence-electron chi connectivity index (χ2n) is 6.72. The summed E-state index contributed by atoms with van der Waals surface area (Å²) in [6.45, 7) is 0.0623. The van der Waals surface area contributed by atoms with Crippen LogP contribution in [0.1, 0.15) is 5.76 Å². The van der Waals surface area contributed by atoms with Crippen molar-refractivity contribution in [2.24, 2.45) is 5.10 Å². The number of carbonyl (C=O) groups excluding carboxylic acids is 1. The smallest absolute Gasteiger partial charge is 0.270 e. The highest BCUT2D eigenvalue weighted by molar-refractivity contribution is 5.87. The molecule has 0 aliphatic carbocycles. The Balaban J connectivity index is 1.31. The number of fused-ring (bicyclic) bond motifs is 1. The van der Waals surface area contributed by atoms with E-state index in [0.717, 1.165) is 16.5 Å². The van der Waals surface area contributed by atoms with Gasteiger partial charge in [0, 0.05) is 23.4 Å². The van der Waals surface area contributed by atoms with Crippen molar-refractivity contribution in [1.82, 2.24) is 5.43 Å². The fourth-order valence-electron chi connectivity index (χ4n) is 3.04. The minimum Gasteiger partial charge on any atom is -0.455 e. The van der Waals surface area contributed by atoms with Crippen molar-refractivity contribution in [2.45, 2.75) is 0 Å². The minimum atomic E-state index is -0.462. The molecule has 0 fully saturated rings. The number of hydrazone groups is 1. The lowest BCUT2D eigenvalue weighted by Gasteiger charge is -2.06. The number of furan rings is 1. The van der Waals surface area contributed by atoms with E-state index in [1.165, 1.54) is 18.3 Å². The van der Waals surface area contributed by atoms with Crippen molar-refractivity contribution in [3.05, 3.63) is 94.7 Å². The average molecular weight is 414 g/mol. The standard InChI is InChI=1S/C23H18N4O4/c28-23(15-24-19-9-8-16-4-1-2-5-17(16)12-19)26-25-14-21-10-11-22(31-21)18-6-3-7-20(13-18)27(29)30/h1-14,24H,15H2,(H,26,28). The van der Waals surface area contributed by atoms with Crippen molar-refractivity contribution in [3.63, 3.8) is 0 Å². The van der Waals surface area contributed by atoms with Gasteiger partial charge in [0.15, 0.2) is 0 Å². The quantitative estimate of drug-likeness (QED) is 0.261. The van der Waals surface area contributed by atoms with E-state index in [9.17, 15) is 14.9 Å². The number of amides is 1. The summed E-state index contributed by atoms with van der Waals surface area (Å²) in [4.78, 5) is 22.5. The highest BCUT2D eigenvalue weighted by Crippen LogP contribution is 2.25. The number of hydrogen-bond acceptors (Lipinski definition) is 6. The summed E-state index contributed by atoms with van der Waals surface area (Å²) in [6, 6.07) is 23.4. The lowest BCUT2D eigenvalue weighted by atomic mass is 10.1. The molecule has 0 saturated carbocycles. The summed E-state index contributed by atoms with van der Waals surface area (Å²) in [6.07, 6.45) is 1.37. The van der Waals surface area contributed by atoms with Crippen LogP contribution in [0.3, 0.4) is 0 Å². The second kappa shape index (κ2) is 8.91. The molecule has 31 heavy (non-hydrogen) atoms. The molecule has 0 atom stereocenters. The Morgan fingerprint density at radius 1 is 1.00 bits per heavy atom. The van der Waals surface area contributed by atoms with Crippen LogP contribution in [0.4, 0.5) is 11.4 Å². The Morgan fingerprint density at radius 2 is 1.84 bits per heavy atom. The SMILES string of the molecule is O=C(CNc1ccc2ccccc2c1)NN=Cc1ccc(-c2cccc([N+](=O)[O-])c2)o1. The molecule has 154 valence electrons. The second-order valence-corrected chi connectivity index (χ2v) is 6.72. The summed E-state index contributed by atoms with van der Waals surface area (Å²) in [5, 5.41) is 20.1. The number of anilines is 1. The Labute approximate surface area is 177 Å². The van der Waals surface area contributed by atoms with Gasteiger partial charge in [0.1, 0.15) is 11.5 Å². The van der Waals surface area contributed by atoms with Gasteiger partial charge in [-0.3, -0.25) is 14.9 Å². The molecular weight excluding hydrogens is 396 g/mol. The number of rotatable bonds is 7. The van der Waals surface area contributed by atoms with Crippen LogP contribution in [0.5, 0.6) is 0 Å². The molecule has 0 radical (unpaired) electrons. The predicted octanol–water partition coefficient (Wildman–Crippen LogP) is 4.57. The molecule has 1 heterocycles. The first-order chi connectivity index (χ1) is 15.1. The Hall–Kier alpha value is -4.46. The zero-order chi connectivity index (χ0) is 21.6. The van der Waals surface area contributed by atoms with Crippen LogP contribution in [0.25, 0.3) is 22.1 Å². The number of nitro benzene ring substituents is 1. The van der Waals surface area contributed by atoms with Gasteiger partial charge in [0.2, 0.25) is 0 Å². The fourth-order valence-corrected chi connectivity index (χ4v) is 3.04. The van der Waals surface area contributed by atoms with Gasteiger partial charge in [-0.05, 0) is 35.0 Å². The van der Waals surface area contributed by atoms with E-state index in [1.54, 1.807) is 24.3 Å². The van der Waals surface area contributed by atoms with Gasteiger partial charge >= 0.3 is 0 Å². The van der Waals surface area contributed by atoms with Crippen LogP contribution >= 0.6 is 0 Å². The molecule has 0 bridgehead atoms. The van der Waals surface area contributed by atoms with E-state index in [0.29, 0.717) is 17.1 Å². The number of non-ortho nitro benzene ring substituents is 1. The molecule has 0 aliphatic rings. The van der Waals surface area contributed by atoms with Gasteiger partial charge in [0.25, 0.3) is 11.6 Å². The minimum absolute atomic E-state index is 0.0182. The molecule has 1 aromatic heterocycles. The third-order valence-electron chi connectivity index (χ3n) is 4.55. The van der Waals surface area contributed by atoms with Crippen molar-refractivity contribution in [2.75, 3.05) is 11.9 Å². The molecular formula is C23H18N4O4. The van der Waals surface area contributed by atoms with Crippen LogP contribution in [-0.2, 0) is 4.79 Å². The zero-order valence-electron chi connectivity index (χ0n) is 16.3. The maximum atomic E-state index is 12.0. The summed E-state index contributed by atoms with van der Waals surface area (Å²) >= 11 is 0. The third kappa shape index (κ3) is 4.94. The van der Waals surface area contributed by atoms with E-state index < -0.39 is 4.92 Å². The molecule has 2 N–H and O–H groups in total. The summed E-state index contributed by atoms with van der Waals surface area (Å²) in [7, 11) is 0. The van der Waals surface area contributed by atoms with Gasteiger partial charge in [-0.25, -0.2) is 5.43 Å². The number of nitrogens with zero attached hydrogens (tertiary/aromatic N) is 2. The molecule has 0 saturated heterocycles. The maximum Gasteiger partial charge on any atom is 0.270 e. The molecule has 1 amide bonds. The summed E-state index contributed by atoms with van der Waals surface area (Å²) < 4.78 is 5.62. The lowest BCUT2D eigenvalue weighted by molar-refractivity contribution is -0.384. The molecule has 4 rings (SSSR count). The predicted molar refractivity (Wildman–Crippen MR) is 119 cm³/mol. The molecule has 3 aromatic carbocycles. The van der Waals surface area contributed by atoms with Crippen LogP contribution < -0.4 is 10.7 Å². The molecule has 0 spiro atoms. The van der Waals surface area contributed by atoms with Crippen molar-refractivity contribution in [3.8, 4) is 11.3 Å². The number of hydrogen-bond donors (Lipinski definition) is 2. The number of nitrogens with one attached hydrogen (secondary N) is 2. The summed E-state index contributed by atoms with van der Waals surface area (Å²) in [5.41, 5.74) is 3.83. The van der Waals surface area contributed by atoms with Gasteiger partial charge in [-0.15, -0.1) is 0 Å². The van der Waals surface area contributed by atoms with E-state index in [-0.39, 0.29) is 18.1 Å². The topological polar surface area (TPSA) is 110 Å². The zero-order valence-corrected chi connectivity index (χ0v) is 16.3. The van der Waals surface area contributed by atoms with Gasteiger partial charge in [0.05, 0.1) is 17.7 Å². The van der Waals surface area contributed by atoms with Crippen molar-refractivity contribution < 1.29 is 14.1 Å². The van der Waals surface area contributed by atoms with E-state index >= 15 is 0 Å². The number of nitro groups is 1. The lowest BCUT2D eigenvalue weighted by Crippen LogP contribution is -2.25. The van der Waals surface area contributed by atoms with E-state index in [2.05, 4.69) is 15.8 Å². The maximum absolute atomic E-state index is 12.0. The molecule has 8 heteroatoms. The monoisotopic (exact) mass is 414 g/mol. The first kappa shape index (κ1) is 19.8. The molecule has 0 aliphatic heterocycles. The largest absolute Gasteiger partial charge is 0.455 e. The Bertz CT molecular complexity index is 1280. The van der Waals surface area contributed by atoms with Crippen LogP contribution in [0.2, 0.25) is 0 Å². The number of benzene rings is 3. The van der Waals surface area contributed by atoms with Crippen LogP contribution in [-0.4, -0.2) is 23.6 Å². The highest BCUT2D eigenvalue weighted by Gasteiger charge is 2.10. The van der Waals surface area contributed by atoms with Gasteiger partial charge in [-0.1, -0.05) is 42.5 Å². The van der Waals surface area contributed by atoms with E-state index in [1.807, 2.05) is 42.5 Å².